The van der Waals surface area contributed by atoms with Crippen molar-refractivity contribution >= 4 is 22.9 Å². The average molecular weight is 457 g/mol. The number of fused-ring (bicyclic) bond motifs is 1. The molecule has 0 spiro atoms. The molecule has 4 aromatic rings. The Balaban J connectivity index is 1.45. The number of ether oxygens (including phenoxy) is 1. The first-order chi connectivity index (χ1) is 16.7. The maximum atomic E-state index is 11.5. The van der Waals surface area contributed by atoms with E-state index in [0.29, 0.717) is 36.4 Å². The number of para-hydroxylation sites is 1. The second kappa shape index (κ2) is 9.91. The van der Waals surface area contributed by atoms with Crippen LogP contribution < -0.4 is 15.8 Å². The first kappa shape index (κ1) is 21.9. The largest absolute Gasteiger partial charge is 0.492 e. The molecule has 2 heterocycles. The van der Waals surface area contributed by atoms with Crippen LogP contribution in [0.1, 0.15) is 48.5 Å². The number of amides is 1. The molecule has 34 heavy (non-hydrogen) atoms. The molecular weight excluding hydrogens is 428 g/mol. The molecule has 0 radical (unpaired) electrons. The standard InChI is InChI=1S/C26H28N6O2/c27-23(33)18-11-13-19(14-12-18)24-30-25(28-15-16-34-21-9-5-2-6-10-21)22-26(31-24)32(17-29-22)20-7-3-1-4-8-20/h2,5-6,9-14,17,20H,1,3-4,7-8,15-16H2,(H2,27,33)(H,28,30,31). The summed E-state index contributed by atoms with van der Waals surface area (Å²) in [5.74, 6) is 1.62. The highest BCUT2D eigenvalue weighted by Gasteiger charge is 2.21. The number of primary amides is 1. The fourth-order valence-corrected chi connectivity index (χ4v) is 4.43. The van der Waals surface area contributed by atoms with Gasteiger partial charge < -0.3 is 20.4 Å². The molecule has 1 fully saturated rings. The van der Waals surface area contributed by atoms with E-state index in [1.54, 1.807) is 12.1 Å². The lowest BCUT2D eigenvalue weighted by Crippen LogP contribution is -2.15. The Morgan fingerprint density at radius 2 is 1.79 bits per heavy atom. The van der Waals surface area contributed by atoms with Crippen molar-refractivity contribution in [2.45, 2.75) is 38.1 Å². The maximum absolute atomic E-state index is 11.5. The minimum absolute atomic E-state index is 0.396. The van der Waals surface area contributed by atoms with Crippen LogP contribution in [0.15, 0.2) is 60.9 Å². The van der Waals surface area contributed by atoms with Crippen LogP contribution in [0.5, 0.6) is 5.75 Å². The van der Waals surface area contributed by atoms with E-state index in [-0.39, 0.29) is 0 Å². The van der Waals surface area contributed by atoms with Gasteiger partial charge in [-0.2, -0.15) is 0 Å². The molecule has 2 aromatic carbocycles. The first-order valence-electron chi connectivity index (χ1n) is 11.8. The Morgan fingerprint density at radius 3 is 2.53 bits per heavy atom. The van der Waals surface area contributed by atoms with Crippen LogP contribution in [0.3, 0.4) is 0 Å². The topological polar surface area (TPSA) is 108 Å². The second-order valence-electron chi connectivity index (χ2n) is 8.54. The van der Waals surface area contributed by atoms with Crippen molar-refractivity contribution in [3.63, 3.8) is 0 Å². The Hall–Kier alpha value is -3.94. The quantitative estimate of drug-likeness (QED) is 0.376. The minimum atomic E-state index is -0.459. The first-order valence-corrected chi connectivity index (χ1v) is 11.8. The highest BCUT2D eigenvalue weighted by molar-refractivity contribution is 5.93. The summed E-state index contributed by atoms with van der Waals surface area (Å²) in [6.07, 6.45) is 7.87. The van der Waals surface area contributed by atoms with Gasteiger partial charge in [0, 0.05) is 17.2 Å². The molecule has 5 rings (SSSR count). The molecule has 1 amide bonds. The van der Waals surface area contributed by atoms with Crippen LogP contribution in [-0.4, -0.2) is 38.6 Å². The SMILES string of the molecule is NC(=O)c1ccc(-c2nc(NCCOc3ccccc3)c3ncn(C4CCCCC4)c3n2)cc1. The van der Waals surface area contributed by atoms with Crippen molar-refractivity contribution < 1.29 is 9.53 Å². The lowest BCUT2D eigenvalue weighted by Gasteiger charge is -2.23. The number of nitrogens with zero attached hydrogens (tertiary/aromatic N) is 4. The monoisotopic (exact) mass is 456 g/mol. The van der Waals surface area contributed by atoms with E-state index in [2.05, 4.69) is 14.9 Å². The molecule has 0 aliphatic heterocycles. The number of hydrogen-bond acceptors (Lipinski definition) is 6. The van der Waals surface area contributed by atoms with Gasteiger partial charge in [0.05, 0.1) is 12.9 Å². The summed E-state index contributed by atoms with van der Waals surface area (Å²) in [7, 11) is 0. The summed E-state index contributed by atoms with van der Waals surface area (Å²) in [4.78, 5) is 25.8. The van der Waals surface area contributed by atoms with Gasteiger partial charge in [0.25, 0.3) is 0 Å². The Morgan fingerprint density at radius 1 is 1.03 bits per heavy atom. The summed E-state index contributed by atoms with van der Waals surface area (Å²) < 4.78 is 8.01. The van der Waals surface area contributed by atoms with Crippen LogP contribution in [0.2, 0.25) is 0 Å². The third kappa shape index (κ3) is 4.71. The van der Waals surface area contributed by atoms with Gasteiger partial charge in [-0.05, 0) is 37.1 Å². The van der Waals surface area contributed by atoms with Crippen molar-refractivity contribution in [2.24, 2.45) is 5.73 Å². The normalized spacial score (nSPS) is 14.2. The van der Waals surface area contributed by atoms with E-state index >= 15 is 0 Å². The van der Waals surface area contributed by atoms with Gasteiger partial charge in [0.2, 0.25) is 5.91 Å². The van der Waals surface area contributed by atoms with Gasteiger partial charge in [0.15, 0.2) is 17.3 Å². The van der Waals surface area contributed by atoms with Gasteiger partial charge in [-0.3, -0.25) is 4.79 Å². The predicted molar refractivity (Wildman–Crippen MR) is 132 cm³/mol. The molecule has 0 saturated heterocycles. The Bertz CT molecular complexity index is 1260. The maximum Gasteiger partial charge on any atom is 0.248 e. The number of benzene rings is 2. The zero-order chi connectivity index (χ0) is 23.3. The van der Waals surface area contributed by atoms with E-state index in [0.717, 1.165) is 35.3 Å². The summed E-state index contributed by atoms with van der Waals surface area (Å²) in [6, 6.07) is 17.2. The van der Waals surface area contributed by atoms with Crippen molar-refractivity contribution in [3.05, 3.63) is 66.5 Å². The lowest BCUT2D eigenvalue weighted by molar-refractivity contribution is 0.100. The summed E-state index contributed by atoms with van der Waals surface area (Å²) in [5.41, 5.74) is 8.23. The number of nitrogens with one attached hydrogen (secondary N) is 1. The molecule has 2 aromatic heterocycles. The number of anilines is 1. The molecule has 174 valence electrons. The highest BCUT2D eigenvalue weighted by atomic mass is 16.5. The van der Waals surface area contributed by atoms with Crippen LogP contribution >= 0.6 is 0 Å². The van der Waals surface area contributed by atoms with E-state index in [4.69, 9.17) is 20.4 Å². The van der Waals surface area contributed by atoms with Crippen molar-refractivity contribution in [1.82, 2.24) is 19.5 Å². The number of carbonyl (C=O) groups excluding carboxylic acids is 1. The number of imidazole rings is 1. The molecule has 0 bridgehead atoms. The number of carbonyl (C=O) groups is 1. The van der Waals surface area contributed by atoms with Gasteiger partial charge in [-0.25, -0.2) is 15.0 Å². The van der Waals surface area contributed by atoms with E-state index in [1.807, 2.05) is 48.8 Å². The molecule has 3 N–H and O–H groups in total. The average Bonchev–Trinajstić information content (AvgIpc) is 3.32. The highest BCUT2D eigenvalue weighted by Crippen LogP contribution is 2.32. The summed E-state index contributed by atoms with van der Waals surface area (Å²) in [6.45, 7) is 1.05. The summed E-state index contributed by atoms with van der Waals surface area (Å²) in [5, 5.41) is 3.39. The number of hydrogen-bond donors (Lipinski definition) is 2. The predicted octanol–water partition coefficient (Wildman–Crippen LogP) is 4.59. The van der Waals surface area contributed by atoms with Gasteiger partial charge in [-0.15, -0.1) is 0 Å². The van der Waals surface area contributed by atoms with E-state index < -0.39 is 5.91 Å². The molecule has 0 unspecified atom stereocenters. The van der Waals surface area contributed by atoms with Crippen molar-refractivity contribution in [1.29, 1.82) is 0 Å². The van der Waals surface area contributed by atoms with Crippen LogP contribution in [0, 0.1) is 0 Å². The minimum Gasteiger partial charge on any atom is -0.492 e. The van der Waals surface area contributed by atoms with Crippen LogP contribution in [0.4, 0.5) is 5.82 Å². The molecule has 8 heteroatoms. The molecule has 8 nitrogen and oxygen atoms in total. The third-order valence-electron chi connectivity index (χ3n) is 6.22. The van der Waals surface area contributed by atoms with Gasteiger partial charge in [-0.1, -0.05) is 49.6 Å². The molecule has 1 aliphatic rings. The van der Waals surface area contributed by atoms with Crippen molar-refractivity contribution in [3.8, 4) is 17.1 Å². The van der Waals surface area contributed by atoms with Crippen LogP contribution in [0.25, 0.3) is 22.6 Å². The molecule has 0 atom stereocenters. The van der Waals surface area contributed by atoms with Crippen LogP contribution in [-0.2, 0) is 0 Å². The van der Waals surface area contributed by atoms with Crippen molar-refractivity contribution in [2.75, 3.05) is 18.5 Å². The fourth-order valence-electron chi connectivity index (χ4n) is 4.43. The van der Waals surface area contributed by atoms with Gasteiger partial charge in [0.1, 0.15) is 17.9 Å². The van der Waals surface area contributed by atoms with E-state index in [9.17, 15) is 4.79 Å². The summed E-state index contributed by atoms with van der Waals surface area (Å²) >= 11 is 0. The zero-order valence-electron chi connectivity index (χ0n) is 19.0. The second-order valence-corrected chi connectivity index (χ2v) is 8.54. The van der Waals surface area contributed by atoms with Gasteiger partial charge >= 0.3 is 0 Å². The fraction of sp³-hybridized carbons (Fsp3) is 0.308. The smallest absolute Gasteiger partial charge is 0.248 e. The zero-order valence-corrected chi connectivity index (χ0v) is 19.0. The Kier molecular flexibility index (Phi) is 6.38. The number of aromatic nitrogens is 4. The Labute approximate surface area is 198 Å². The number of nitrogens with two attached hydrogens (primary N) is 1. The molecular formula is C26H28N6O2. The third-order valence-corrected chi connectivity index (χ3v) is 6.22. The molecule has 1 saturated carbocycles. The lowest BCUT2D eigenvalue weighted by atomic mass is 9.95. The van der Waals surface area contributed by atoms with E-state index in [1.165, 1.54) is 19.3 Å². The number of rotatable bonds is 8. The molecule has 1 aliphatic carbocycles.